The van der Waals surface area contributed by atoms with Crippen LogP contribution in [-0.4, -0.2) is 12.9 Å². The minimum absolute atomic E-state index is 0.0851. The van der Waals surface area contributed by atoms with Gasteiger partial charge in [-0.25, -0.2) is 0 Å². The van der Waals surface area contributed by atoms with Crippen molar-refractivity contribution in [3.63, 3.8) is 0 Å². The molecule has 0 fully saturated rings. The maximum absolute atomic E-state index is 12.3. The fourth-order valence-corrected chi connectivity index (χ4v) is 2.73. The van der Waals surface area contributed by atoms with Crippen LogP contribution in [0.15, 0.2) is 85.1 Å². The van der Waals surface area contributed by atoms with E-state index in [-0.39, 0.29) is 5.78 Å². The summed E-state index contributed by atoms with van der Waals surface area (Å²) in [7, 11) is 1.58. The zero-order valence-electron chi connectivity index (χ0n) is 14.3. The van der Waals surface area contributed by atoms with Crippen LogP contribution in [0.25, 0.3) is 11.1 Å². The Hall–Kier alpha value is -3.04. The van der Waals surface area contributed by atoms with E-state index in [1.54, 1.807) is 31.5 Å². The van der Waals surface area contributed by atoms with Crippen LogP contribution in [0.4, 0.5) is 5.69 Å². The molecule has 0 heterocycles. The quantitative estimate of drug-likeness (QED) is 0.442. The lowest BCUT2D eigenvalue weighted by Gasteiger charge is -2.08. The number of ketones is 1. The second kappa shape index (κ2) is 8.37. The molecule has 0 atom stereocenters. The first-order chi connectivity index (χ1) is 12.7. The Kier molecular flexibility index (Phi) is 5.72. The molecule has 0 saturated carbocycles. The van der Waals surface area contributed by atoms with Crippen molar-refractivity contribution in [2.45, 2.75) is 0 Å². The molecule has 26 heavy (non-hydrogen) atoms. The van der Waals surface area contributed by atoms with E-state index in [0.29, 0.717) is 22.0 Å². The maximum atomic E-state index is 12.3. The number of allylic oxidation sites excluding steroid dienone is 1. The molecule has 3 rings (SSSR count). The Morgan fingerprint density at radius 2 is 1.65 bits per heavy atom. The van der Waals surface area contributed by atoms with Gasteiger partial charge in [0.2, 0.25) is 0 Å². The van der Waals surface area contributed by atoms with Crippen LogP contribution in [0.1, 0.15) is 10.4 Å². The molecular weight excluding hydrogens is 346 g/mol. The molecule has 4 heteroatoms. The molecule has 0 bridgehead atoms. The first-order valence-electron chi connectivity index (χ1n) is 8.14. The highest BCUT2D eigenvalue weighted by atomic mass is 35.5. The summed E-state index contributed by atoms with van der Waals surface area (Å²) in [5, 5.41) is 3.62. The van der Waals surface area contributed by atoms with Gasteiger partial charge in [-0.15, -0.1) is 0 Å². The van der Waals surface area contributed by atoms with Gasteiger partial charge in [0.15, 0.2) is 5.78 Å². The standard InChI is InChI=1S/C22H18ClNO2/c1-26-22-12-11-19(23)15-20(22)24-14-13-21(25)18-9-7-17(8-10-18)16-5-3-2-4-6-16/h2-15,24H,1H3. The van der Waals surface area contributed by atoms with Crippen molar-refractivity contribution in [3.05, 3.63) is 95.7 Å². The number of carbonyl (C=O) groups excluding carboxylic acids is 1. The number of anilines is 1. The lowest BCUT2D eigenvalue weighted by Crippen LogP contribution is -1.97. The molecule has 0 saturated heterocycles. The summed E-state index contributed by atoms with van der Waals surface area (Å²) in [6.45, 7) is 0. The predicted molar refractivity (Wildman–Crippen MR) is 107 cm³/mol. The van der Waals surface area contributed by atoms with Gasteiger partial charge in [0, 0.05) is 22.9 Å². The number of hydrogen-bond donors (Lipinski definition) is 1. The van der Waals surface area contributed by atoms with Crippen molar-refractivity contribution >= 4 is 23.1 Å². The molecule has 0 spiro atoms. The number of carbonyl (C=O) groups is 1. The van der Waals surface area contributed by atoms with Crippen LogP contribution in [0.3, 0.4) is 0 Å². The predicted octanol–water partition coefficient (Wildman–Crippen LogP) is 5.82. The summed E-state index contributed by atoms with van der Waals surface area (Å²) in [4.78, 5) is 12.3. The van der Waals surface area contributed by atoms with E-state index in [1.807, 2.05) is 54.6 Å². The van der Waals surface area contributed by atoms with E-state index in [9.17, 15) is 4.79 Å². The van der Waals surface area contributed by atoms with Gasteiger partial charge >= 0.3 is 0 Å². The largest absolute Gasteiger partial charge is 0.495 e. The lowest BCUT2D eigenvalue weighted by molar-refractivity contribution is 0.104. The first-order valence-corrected chi connectivity index (χ1v) is 8.51. The molecule has 0 aliphatic rings. The van der Waals surface area contributed by atoms with Gasteiger partial charge in [0.1, 0.15) is 5.75 Å². The third-order valence-electron chi connectivity index (χ3n) is 3.91. The van der Waals surface area contributed by atoms with Crippen molar-refractivity contribution < 1.29 is 9.53 Å². The van der Waals surface area contributed by atoms with Crippen molar-refractivity contribution in [3.8, 4) is 16.9 Å². The Morgan fingerprint density at radius 3 is 2.35 bits per heavy atom. The maximum Gasteiger partial charge on any atom is 0.187 e. The SMILES string of the molecule is COc1ccc(Cl)cc1NC=CC(=O)c1ccc(-c2ccccc2)cc1. The zero-order chi connectivity index (χ0) is 18.4. The van der Waals surface area contributed by atoms with Crippen LogP contribution in [0.5, 0.6) is 5.75 Å². The van der Waals surface area contributed by atoms with E-state index < -0.39 is 0 Å². The summed E-state index contributed by atoms with van der Waals surface area (Å²) < 4.78 is 5.26. The lowest BCUT2D eigenvalue weighted by atomic mass is 10.0. The van der Waals surface area contributed by atoms with Crippen LogP contribution in [-0.2, 0) is 0 Å². The number of ether oxygens (including phenoxy) is 1. The highest BCUT2D eigenvalue weighted by Gasteiger charge is 2.04. The Balaban J connectivity index is 1.68. The third kappa shape index (κ3) is 4.32. The number of nitrogens with one attached hydrogen (secondary N) is 1. The molecule has 0 radical (unpaired) electrons. The van der Waals surface area contributed by atoms with Crippen molar-refractivity contribution in [2.75, 3.05) is 12.4 Å². The highest BCUT2D eigenvalue weighted by molar-refractivity contribution is 6.30. The number of hydrogen-bond acceptors (Lipinski definition) is 3. The molecule has 0 unspecified atom stereocenters. The minimum Gasteiger partial charge on any atom is -0.495 e. The molecule has 3 aromatic rings. The molecule has 0 amide bonds. The van der Waals surface area contributed by atoms with Crippen LogP contribution >= 0.6 is 11.6 Å². The molecule has 0 aliphatic carbocycles. The topological polar surface area (TPSA) is 38.3 Å². The first kappa shape index (κ1) is 17.8. The van der Waals surface area contributed by atoms with Gasteiger partial charge in [0.05, 0.1) is 12.8 Å². The molecule has 130 valence electrons. The average molecular weight is 364 g/mol. The monoisotopic (exact) mass is 363 g/mol. The minimum atomic E-state index is -0.0851. The van der Waals surface area contributed by atoms with E-state index in [4.69, 9.17) is 16.3 Å². The highest BCUT2D eigenvalue weighted by Crippen LogP contribution is 2.27. The number of benzene rings is 3. The fraction of sp³-hybridized carbons (Fsp3) is 0.0455. The summed E-state index contributed by atoms with van der Waals surface area (Å²) >= 11 is 5.99. The smallest absolute Gasteiger partial charge is 0.187 e. The van der Waals surface area contributed by atoms with Gasteiger partial charge in [0.25, 0.3) is 0 Å². The average Bonchev–Trinajstić information content (AvgIpc) is 2.69. The van der Waals surface area contributed by atoms with E-state index in [0.717, 1.165) is 11.1 Å². The van der Waals surface area contributed by atoms with Crippen LogP contribution < -0.4 is 10.1 Å². The second-order valence-corrected chi connectivity index (χ2v) is 6.07. The summed E-state index contributed by atoms with van der Waals surface area (Å²) in [6.07, 6.45) is 3.07. The molecule has 0 aliphatic heterocycles. The van der Waals surface area contributed by atoms with E-state index in [1.165, 1.54) is 6.08 Å². The second-order valence-electron chi connectivity index (χ2n) is 5.63. The Bertz CT molecular complexity index is 919. The van der Waals surface area contributed by atoms with Gasteiger partial charge < -0.3 is 10.1 Å². The van der Waals surface area contributed by atoms with Crippen LogP contribution in [0, 0.1) is 0 Å². The molecular formula is C22H18ClNO2. The zero-order valence-corrected chi connectivity index (χ0v) is 15.0. The van der Waals surface area contributed by atoms with Gasteiger partial charge in [-0.3, -0.25) is 4.79 Å². The van der Waals surface area contributed by atoms with Crippen molar-refractivity contribution in [1.82, 2.24) is 0 Å². The van der Waals surface area contributed by atoms with E-state index in [2.05, 4.69) is 5.32 Å². The van der Waals surface area contributed by atoms with Crippen LogP contribution in [0.2, 0.25) is 5.02 Å². The van der Waals surface area contributed by atoms with Crippen molar-refractivity contribution in [1.29, 1.82) is 0 Å². The fourth-order valence-electron chi connectivity index (χ4n) is 2.55. The Labute approximate surface area is 157 Å². The van der Waals surface area contributed by atoms with E-state index >= 15 is 0 Å². The Morgan fingerprint density at radius 1 is 0.962 bits per heavy atom. The number of methoxy groups -OCH3 is 1. The normalized spacial score (nSPS) is 10.7. The molecule has 3 aromatic carbocycles. The summed E-state index contributed by atoms with van der Waals surface area (Å²) in [5.41, 5.74) is 3.52. The molecule has 0 aromatic heterocycles. The molecule has 3 nitrogen and oxygen atoms in total. The number of halogens is 1. The molecule has 1 N–H and O–H groups in total. The number of rotatable bonds is 6. The van der Waals surface area contributed by atoms with Gasteiger partial charge in [-0.2, -0.15) is 0 Å². The van der Waals surface area contributed by atoms with Gasteiger partial charge in [-0.1, -0.05) is 66.2 Å². The third-order valence-corrected chi connectivity index (χ3v) is 4.15. The summed E-state index contributed by atoms with van der Waals surface area (Å²) in [6, 6.07) is 22.9. The summed E-state index contributed by atoms with van der Waals surface area (Å²) in [5.74, 6) is 0.566. The van der Waals surface area contributed by atoms with Crippen molar-refractivity contribution in [2.24, 2.45) is 0 Å². The van der Waals surface area contributed by atoms with Gasteiger partial charge in [-0.05, 0) is 29.3 Å².